The summed E-state index contributed by atoms with van der Waals surface area (Å²) in [5, 5.41) is 17.3. The van der Waals surface area contributed by atoms with Crippen molar-refractivity contribution in [3.63, 3.8) is 0 Å². The first-order valence-electron chi connectivity index (χ1n) is 15.4. The van der Waals surface area contributed by atoms with Gasteiger partial charge in [0.1, 0.15) is 31.3 Å². The predicted octanol–water partition coefficient (Wildman–Crippen LogP) is 5.41. The maximum atomic E-state index is 14.7. The highest BCUT2D eigenvalue weighted by atomic mass is 19.1. The van der Waals surface area contributed by atoms with E-state index < -0.39 is 30.0 Å². The molecular formula is C37H42FN3O5. The van der Waals surface area contributed by atoms with Gasteiger partial charge in [-0.3, -0.25) is 4.79 Å². The van der Waals surface area contributed by atoms with Gasteiger partial charge >= 0.3 is 6.09 Å². The molecule has 9 heteroatoms. The Hall–Kier alpha value is -4.73. The van der Waals surface area contributed by atoms with Gasteiger partial charge < -0.3 is 30.1 Å². The van der Waals surface area contributed by atoms with E-state index in [4.69, 9.17) is 9.47 Å². The number of carbonyl (C=O) groups is 2. The van der Waals surface area contributed by atoms with Gasteiger partial charge in [0.05, 0.1) is 12.1 Å². The van der Waals surface area contributed by atoms with Crippen LogP contribution >= 0.6 is 0 Å². The first-order chi connectivity index (χ1) is 22.3. The molecule has 2 amide bonds. The minimum Gasteiger partial charge on any atom is -0.489 e. The lowest BCUT2D eigenvalue weighted by atomic mass is 10.00. The Kier molecular flexibility index (Phi) is 13.1. The quantitative estimate of drug-likeness (QED) is 0.154. The minimum absolute atomic E-state index is 0.0774. The maximum Gasteiger partial charge on any atom is 0.410 e. The van der Waals surface area contributed by atoms with E-state index in [0.29, 0.717) is 17.9 Å². The lowest BCUT2D eigenvalue weighted by Crippen LogP contribution is -2.51. The second-order valence-corrected chi connectivity index (χ2v) is 11.2. The molecule has 0 bridgehead atoms. The van der Waals surface area contributed by atoms with Gasteiger partial charge in [-0.25, -0.2) is 9.18 Å². The highest BCUT2D eigenvalue weighted by Gasteiger charge is 2.24. The summed E-state index contributed by atoms with van der Waals surface area (Å²) in [5.41, 5.74) is 4.60. The number of nitrogens with zero attached hydrogens (tertiary/aromatic N) is 1. The number of nitrogens with one attached hydrogen (secondary N) is 2. The van der Waals surface area contributed by atoms with Crippen molar-refractivity contribution in [2.45, 2.75) is 51.7 Å². The van der Waals surface area contributed by atoms with E-state index in [1.807, 2.05) is 72.8 Å². The largest absolute Gasteiger partial charge is 0.489 e. The molecule has 0 radical (unpaired) electrons. The molecule has 4 rings (SSSR count). The van der Waals surface area contributed by atoms with Crippen LogP contribution in [0.25, 0.3) is 0 Å². The van der Waals surface area contributed by atoms with Crippen molar-refractivity contribution in [1.29, 1.82) is 0 Å². The number of aliphatic hydroxyl groups excluding tert-OH is 1. The number of rotatable bonds is 16. The second-order valence-electron chi connectivity index (χ2n) is 11.2. The van der Waals surface area contributed by atoms with Crippen LogP contribution in [-0.4, -0.2) is 54.3 Å². The fourth-order valence-corrected chi connectivity index (χ4v) is 4.93. The number of amides is 2. The third kappa shape index (κ3) is 11.3. The van der Waals surface area contributed by atoms with Crippen molar-refractivity contribution in [1.82, 2.24) is 15.5 Å². The highest BCUT2D eigenvalue weighted by molar-refractivity contribution is 5.82. The number of aliphatic hydroxyl groups is 1. The molecule has 0 saturated heterocycles. The molecule has 0 unspecified atom stereocenters. The van der Waals surface area contributed by atoms with Gasteiger partial charge in [-0.1, -0.05) is 91.9 Å². The maximum absolute atomic E-state index is 14.7. The monoisotopic (exact) mass is 627 g/mol. The number of benzene rings is 4. The van der Waals surface area contributed by atoms with E-state index in [2.05, 4.69) is 29.7 Å². The summed E-state index contributed by atoms with van der Waals surface area (Å²) < 4.78 is 25.8. The van der Waals surface area contributed by atoms with Crippen molar-refractivity contribution >= 4 is 12.0 Å². The summed E-state index contributed by atoms with van der Waals surface area (Å²) in [5.74, 6) is -0.640. The van der Waals surface area contributed by atoms with Gasteiger partial charge in [0, 0.05) is 26.2 Å². The second kappa shape index (κ2) is 17.7. The fraction of sp³-hybridized carbons (Fsp3) is 0.297. The summed E-state index contributed by atoms with van der Waals surface area (Å²) in [6.07, 6.45) is -0.631. The lowest BCUT2D eigenvalue weighted by Gasteiger charge is -2.26. The summed E-state index contributed by atoms with van der Waals surface area (Å²) in [7, 11) is 1.47. The van der Waals surface area contributed by atoms with Crippen LogP contribution in [0.15, 0.2) is 103 Å². The van der Waals surface area contributed by atoms with Crippen LogP contribution in [0.2, 0.25) is 0 Å². The van der Waals surface area contributed by atoms with E-state index in [1.54, 1.807) is 6.07 Å². The van der Waals surface area contributed by atoms with Crippen molar-refractivity contribution in [3.05, 3.63) is 137 Å². The Bertz CT molecular complexity index is 1540. The van der Waals surface area contributed by atoms with E-state index in [1.165, 1.54) is 29.6 Å². The standard InChI is InChI=1S/C37H42FN3O5/c1-3-27-15-10-16-30(17-27)22-39-23-35(42)34(40-36(43)24-41(2)37(44)46-26-29-13-8-5-9-14-29)20-31-18-32(38)21-33(19-31)45-25-28-11-6-4-7-12-28/h4-19,21,34-35,39,42H,3,20,22-26H2,1-2H3,(H,40,43)/t34-,35+/m0/s1. The molecule has 242 valence electrons. The molecule has 8 nitrogen and oxygen atoms in total. The van der Waals surface area contributed by atoms with E-state index in [0.717, 1.165) is 23.1 Å². The highest BCUT2D eigenvalue weighted by Crippen LogP contribution is 2.20. The molecule has 0 aliphatic carbocycles. The molecule has 46 heavy (non-hydrogen) atoms. The summed E-state index contributed by atoms with van der Waals surface area (Å²) in [6.45, 7) is 2.84. The van der Waals surface area contributed by atoms with Crippen LogP contribution < -0.4 is 15.4 Å². The summed E-state index contributed by atoms with van der Waals surface area (Å²) in [6, 6.07) is 30.5. The molecule has 0 heterocycles. The summed E-state index contributed by atoms with van der Waals surface area (Å²) >= 11 is 0. The van der Waals surface area contributed by atoms with Gasteiger partial charge in [-0.05, 0) is 52.8 Å². The zero-order chi connectivity index (χ0) is 32.7. The number of halogens is 1. The predicted molar refractivity (Wildman–Crippen MR) is 176 cm³/mol. The molecule has 0 spiro atoms. The van der Waals surface area contributed by atoms with Crippen LogP contribution in [0.1, 0.15) is 34.7 Å². The smallest absolute Gasteiger partial charge is 0.410 e. The van der Waals surface area contributed by atoms with Crippen molar-refractivity contribution in [3.8, 4) is 5.75 Å². The van der Waals surface area contributed by atoms with Crippen molar-refractivity contribution in [2.75, 3.05) is 20.1 Å². The topological polar surface area (TPSA) is 100 Å². The zero-order valence-corrected chi connectivity index (χ0v) is 26.3. The molecule has 0 aromatic heterocycles. The third-order valence-corrected chi connectivity index (χ3v) is 7.43. The Balaban J connectivity index is 1.40. The number of hydrogen-bond donors (Lipinski definition) is 3. The van der Waals surface area contributed by atoms with Gasteiger partial charge in [-0.15, -0.1) is 0 Å². The Morgan fingerprint density at radius 1 is 0.826 bits per heavy atom. The molecule has 4 aromatic rings. The minimum atomic E-state index is -1.02. The normalized spacial score (nSPS) is 12.2. The number of likely N-dealkylation sites (N-methyl/N-ethyl adjacent to an activating group) is 1. The van der Waals surface area contributed by atoms with Crippen LogP contribution in [0.3, 0.4) is 0 Å². The molecule has 3 N–H and O–H groups in total. The third-order valence-electron chi connectivity index (χ3n) is 7.43. The molecule has 2 atom stereocenters. The Morgan fingerprint density at radius 3 is 2.17 bits per heavy atom. The first-order valence-corrected chi connectivity index (χ1v) is 15.4. The molecular weight excluding hydrogens is 585 g/mol. The van der Waals surface area contributed by atoms with E-state index in [9.17, 15) is 19.1 Å². The molecule has 0 aliphatic rings. The van der Waals surface area contributed by atoms with Crippen LogP contribution in [0.5, 0.6) is 5.75 Å². The Labute approximate surface area is 270 Å². The lowest BCUT2D eigenvalue weighted by molar-refractivity contribution is -0.123. The van der Waals surface area contributed by atoms with Gasteiger partial charge in [0.2, 0.25) is 5.91 Å². The average molecular weight is 628 g/mol. The first kappa shape index (κ1) is 34.1. The zero-order valence-electron chi connectivity index (χ0n) is 26.3. The van der Waals surface area contributed by atoms with E-state index in [-0.39, 0.29) is 32.7 Å². The molecule has 4 aromatic carbocycles. The molecule has 0 aliphatic heterocycles. The van der Waals surface area contributed by atoms with Crippen molar-refractivity contribution < 1.29 is 28.6 Å². The van der Waals surface area contributed by atoms with Gasteiger partial charge in [0.25, 0.3) is 0 Å². The average Bonchev–Trinajstić information content (AvgIpc) is 3.06. The van der Waals surface area contributed by atoms with Crippen molar-refractivity contribution in [2.24, 2.45) is 0 Å². The fourth-order valence-electron chi connectivity index (χ4n) is 4.93. The van der Waals surface area contributed by atoms with E-state index >= 15 is 0 Å². The molecule has 0 saturated carbocycles. The number of carbonyl (C=O) groups excluding carboxylic acids is 2. The number of aryl methyl sites for hydroxylation is 1. The van der Waals surface area contributed by atoms with Crippen LogP contribution in [0, 0.1) is 5.82 Å². The SMILES string of the molecule is CCc1cccc(CNC[C@@H](O)[C@H](Cc2cc(F)cc(OCc3ccccc3)c2)NC(=O)CN(C)C(=O)OCc2ccccc2)c1. The Morgan fingerprint density at radius 2 is 1.48 bits per heavy atom. The number of hydrogen-bond acceptors (Lipinski definition) is 6. The van der Waals surface area contributed by atoms with Crippen LogP contribution in [-0.2, 0) is 42.1 Å². The number of ether oxygens (including phenoxy) is 2. The van der Waals surface area contributed by atoms with Crippen LogP contribution in [0.4, 0.5) is 9.18 Å². The molecule has 0 fully saturated rings. The van der Waals surface area contributed by atoms with Gasteiger partial charge in [0.15, 0.2) is 0 Å². The summed E-state index contributed by atoms with van der Waals surface area (Å²) in [4.78, 5) is 26.8. The van der Waals surface area contributed by atoms with Gasteiger partial charge in [-0.2, -0.15) is 0 Å².